The van der Waals surface area contributed by atoms with Crippen LogP contribution in [0.4, 0.5) is 23.0 Å². The summed E-state index contributed by atoms with van der Waals surface area (Å²) < 4.78 is 0. The zero-order chi connectivity index (χ0) is 14.9. The van der Waals surface area contributed by atoms with Gasteiger partial charge in [0.15, 0.2) is 11.6 Å². The lowest BCUT2D eigenvalue weighted by molar-refractivity contribution is -0.114. The molecule has 3 heterocycles. The molecule has 0 spiro atoms. The Kier molecular flexibility index (Phi) is 2.82. The predicted molar refractivity (Wildman–Crippen MR) is 84.2 cm³/mol. The van der Waals surface area contributed by atoms with E-state index in [0.717, 1.165) is 16.6 Å². The van der Waals surface area contributed by atoms with Gasteiger partial charge >= 0.3 is 0 Å². The first-order valence-electron chi connectivity index (χ1n) is 6.81. The molecule has 0 fully saturated rings. The number of hydrogen-bond acceptors (Lipinski definition) is 6. The lowest BCUT2D eigenvalue weighted by Crippen LogP contribution is -2.28. The van der Waals surface area contributed by atoms with E-state index >= 15 is 0 Å². The van der Waals surface area contributed by atoms with E-state index in [1.165, 1.54) is 6.33 Å². The van der Waals surface area contributed by atoms with Crippen molar-refractivity contribution in [3.8, 4) is 0 Å². The van der Waals surface area contributed by atoms with Crippen molar-refractivity contribution in [3.05, 3.63) is 42.9 Å². The number of carbonyl (C=O) groups excluding carboxylic acids is 1. The molecule has 1 aromatic carbocycles. The fourth-order valence-corrected chi connectivity index (χ4v) is 2.41. The summed E-state index contributed by atoms with van der Waals surface area (Å²) in [7, 11) is 0. The maximum Gasteiger partial charge on any atom is 0.243 e. The minimum absolute atomic E-state index is 0.124. The molecule has 0 saturated carbocycles. The number of aromatic nitrogens is 3. The number of nitrogens with zero attached hydrogens (tertiary/aromatic N) is 3. The number of fused-ring (bicyclic) bond motifs is 2. The molecular formula is C15H12N6O. The van der Waals surface area contributed by atoms with E-state index < -0.39 is 0 Å². The van der Waals surface area contributed by atoms with Crippen LogP contribution in [-0.4, -0.2) is 27.4 Å². The van der Waals surface area contributed by atoms with Crippen LogP contribution in [0.15, 0.2) is 42.9 Å². The van der Waals surface area contributed by atoms with Crippen LogP contribution in [0.1, 0.15) is 0 Å². The fraction of sp³-hybridized carbons (Fsp3) is 0.0667. The Labute approximate surface area is 125 Å². The van der Waals surface area contributed by atoms with E-state index in [0.29, 0.717) is 17.3 Å². The van der Waals surface area contributed by atoms with Gasteiger partial charge in [-0.25, -0.2) is 9.97 Å². The van der Waals surface area contributed by atoms with Gasteiger partial charge < -0.3 is 16.0 Å². The van der Waals surface area contributed by atoms with Gasteiger partial charge in [-0.1, -0.05) is 18.2 Å². The molecule has 7 heteroatoms. The van der Waals surface area contributed by atoms with E-state index in [4.69, 9.17) is 0 Å². The van der Waals surface area contributed by atoms with Crippen LogP contribution < -0.4 is 16.0 Å². The zero-order valence-corrected chi connectivity index (χ0v) is 11.5. The lowest BCUT2D eigenvalue weighted by atomic mass is 10.2. The molecule has 1 aliphatic rings. The average molecular weight is 292 g/mol. The van der Waals surface area contributed by atoms with Crippen molar-refractivity contribution >= 4 is 39.8 Å². The molecule has 0 aliphatic carbocycles. The molecular weight excluding hydrogens is 280 g/mol. The van der Waals surface area contributed by atoms with Gasteiger partial charge in [-0.15, -0.1) is 0 Å². The molecule has 1 aliphatic heterocycles. The summed E-state index contributed by atoms with van der Waals surface area (Å²) in [5.74, 6) is 1.01. The summed E-state index contributed by atoms with van der Waals surface area (Å²) in [6.45, 7) is 0.208. The highest BCUT2D eigenvalue weighted by Crippen LogP contribution is 2.32. The van der Waals surface area contributed by atoms with Crippen molar-refractivity contribution in [2.75, 3.05) is 22.5 Å². The SMILES string of the molecule is O=C1CNc2ncnc(Nc3cccc4cccnc34)c2N1. The molecule has 3 aromatic rings. The number of nitrogens with one attached hydrogen (secondary N) is 3. The van der Waals surface area contributed by atoms with Gasteiger partial charge in [0.2, 0.25) is 5.91 Å². The van der Waals surface area contributed by atoms with Crippen LogP contribution in [-0.2, 0) is 4.79 Å². The molecule has 0 saturated heterocycles. The molecule has 108 valence electrons. The van der Waals surface area contributed by atoms with Crippen molar-refractivity contribution in [1.82, 2.24) is 15.0 Å². The standard InChI is InChI=1S/C15H12N6O/c22-11-7-17-14-13(21-11)15(19-8-18-14)20-10-5-1-3-9-4-2-6-16-12(9)10/h1-6,8H,7H2,(H,21,22)(H2,17,18,19,20). The van der Waals surface area contributed by atoms with E-state index in [1.54, 1.807) is 6.20 Å². The number of anilines is 4. The molecule has 0 radical (unpaired) electrons. The third-order valence-electron chi connectivity index (χ3n) is 3.41. The molecule has 0 unspecified atom stereocenters. The number of rotatable bonds is 2. The molecule has 22 heavy (non-hydrogen) atoms. The Bertz CT molecular complexity index is 874. The monoisotopic (exact) mass is 292 g/mol. The summed E-state index contributed by atoms with van der Waals surface area (Å²) >= 11 is 0. The van der Waals surface area contributed by atoms with Crippen LogP contribution in [0, 0.1) is 0 Å². The van der Waals surface area contributed by atoms with Gasteiger partial charge in [-0.2, -0.15) is 0 Å². The number of amides is 1. The fourth-order valence-electron chi connectivity index (χ4n) is 2.41. The van der Waals surface area contributed by atoms with Crippen molar-refractivity contribution in [2.24, 2.45) is 0 Å². The van der Waals surface area contributed by atoms with E-state index in [2.05, 4.69) is 30.9 Å². The van der Waals surface area contributed by atoms with E-state index in [1.807, 2.05) is 30.3 Å². The highest BCUT2D eigenvalue weighted by molar-refractivity contribution is 6.04. The smallest absolute Gasteiger partial charge is 0.243 e. The average Bonchev–Trinajstić information content (AvgIpc) is 2.56. The third kappa shape index (κ3) is 2.08. The van der Waals surface area contributed by atoms with Gasteiger partial charge in [0, 0.05) is 11.6 Å². The Morgan fingerprint density at radius 2 is 2.00 bits per heavy atom. The van der Waals surface area contributed by atoms with Crippen molar-refractivity contribution in [3.63, 3.8) is 0 Å². The van der Waals surface area contributed by atoms with Gasteiger partial charge in [-0.3, -0.25) is 9.78 Å². The number of hydrogen-bond donors (Lipinski definition) is 3. The van der Waals surface area contributed by atoms with Crippen molar-refractivity contribution < 1.29 is 4.79 Å². The van der Waals surface area contributed by atoms with Gasteiger partial charge in [-0.05, 0) is 12.1 Å². The lowest BCUT2D eigenvalue weighted by Gasteiger charge is -2.20. The highest BCUT2D eigenvalue weighted by Gasteiger charge is 2.19. The summed E-state index contributed by atoms with van der Waals surface area (Å²) in [5.41, 5.74) is 2.21. The number of carbonyl (C=O) groups is 1. The van der Waals surface area contributed by atoms with Crippen molar-refractivity contribution in [2.45, 2.75) is 0 Å². The topological polar surface area (TPSA) is 91.8 Å². The second kappa shape index (κ2) is 4.96. The first-order valence-corrected chi connectivity index (χ1v) is 6.81. The normalized spacial score (nSPS) is 13.2. The maximum absolute atomic E-state index is 11.6. The Balaban J connectivity index is 1.79. The maximum atomic E-state index is 11.6. The highest BCUT2D eigenvalue weighted by atomic mass is 16.2. The molecule has 2 aromatic heterocycles. The second-order valence-electron chi connectivity index (χ2n) is 4.85. The van der Waals surface area contributed by atoms with Crippen LogP contribution in [0.5, 0.6) is 0 Å². The van der Waals surface area contributed by atoms with Crippen molar-refractivity contribution in [1.29, 1.82) is 0 Å². The largest absolute Gasteiger partial charge is 0.359 e. The molecule has 7 nitrogen and oxygen atoms in total. The third-order valence-corrected chi connectivity index (χ3v) is 3.41. The molecule has 3 N–H and O–H groups in total. The summed E-state index contributed by atoms with van der Waals surface area (Å²) in [4.78, 5) is 24.3. The number of pyridine rings is 1. The Morgan fingerprint density at radius 1 is 1.09 bits per heavy atom. The Hall–Kier alpha value is -3.22. The first-order chi connectivity index (χ1) is 10.8. The molecule has 0 bridgehead atoms. The summed E-state index contributed by atoms with van der Waals surface area (Å²) in [6.07, 6.45) is 3.19. The molecule has 0 atom stereocenters. The van der Waals surface area contributed by atoms with Gasteiger partial charge in [0.25, 0.3) is 0 Å². The quantitative estimate of drug-likeness (QED) is 0.670. The van der Waals surface area contributed by atoms with E-state index in [9.17, 15) is 4.79 Å². The zero-order valence-electron chi connectivity index (χ0n) is 11.5. The molecule has 4 rings (SSSR count). The van der Waals surface area contributed by atoms with Gasteiger partial charge in [0.05, 0.1) is 17.7 Å². The van der Waals surface area contributed by atoms with Crippen LogP contribution in [0.3, 0.4) is 0 Å². The second-order valence-corrected chi connectivity index (χ2v) is 4.85. The minimum atomic E-state index is -0.124. The van der Waals surface area contributed by atoms with Crippen LogP contribution >= 0.6 is 0 Å². The Morgan fingerprint density at radius 3 is 2.95 bits per heavy atom. The first kappa shape index (κ1) is 12.5. The molecule has 1 amide bonds. The van der Waals surface area contributed by atoms with Gasteiger partial charge in [0.1, 0.15) is 12.0 Å². The summed E-state index contributed by atoms with van der Waals surface area (Å²) in [6, 6.07) is 9.74. The van der Waals surface area contributed by atoms with E-state index in [-0.39, 0.29) is 12.5 Å². The number of para-hydroxylation sites is 1. The minimum Gasteiger partial charge on any atom is -0.359 e. The number of benzene rings is 1. The van der Waals surface area contributed by atoms with Crippen LogP contribution in [0.25, 0.3) is 10.9 Å². The summed E-state index contributed by atoms with van der Waals surface area (Å²) in [5, 5.41) is 10.00. The van der Waals surface area contributed by atoms with Crippen LogP contribution in [0.2, 0.25) is 0 Å². The predicted octanol–water partition coefficient (Wildman–Crippen LogP) is 2.13.